The molecule has 1 fully saturated rings. The van der Waals surface area contributed by atoms with Crippen molar-refractivity contribution in [3.8, 4) is 17.3 Å². The Bertz CT molecular complexity index is 1550. The lowest BCUT2D eigenvalue weighted by atomic mass is 10.2. The standard InChI is InChI=1S/C23H21ClF2N6O3S/c1-12-20-22(30-29-12)27-21(28-23(20)35-18-11-32(2)10-17(18)26)13-3-6-15(7-4-13)31-36(33,34)19-9-14(24)5-8-16(19)25/h3-9,17-18,31H,10-11H2,1-2H3,(H,27,28,29,30)/t17-,18+/m0/s1. The maximum Gasteiger partial charge on any atom is 0.264 e. The molecule has 2 N–H and O–H groups in total. The predicted molar refractivity (Wildman–Crippen MR) is 131 cm³/mol. The molecule has 0 unspecified atom stereocenters. The van der Waals surface area contributed by atoms with Gasteiger partial charge in [0.1, 0.15) is 22.2 Å². The number of sulfonamides is 1. The van der Waals surface area contributed by atoms with E-state index < -0.39 is 33.0 Å². The van der Waals surface area contributed by atoms with Crippen LogP contribution in [0.15, 0.2) is 47.4 Å². The summed E-state index contributed by atoms with van der Waals surface area (Å²) in [7, 11) is -2.40. The van der Waals surface area contributed by atoms with E-state index in [1.807, 2.05) is 11.9 Å². The molecule has 5 rings (SSSR count). The van der Waals surface area contributed by atoms with E-state index in [1.165, 1.54) is 18.2 Å². The molecule has 0 spiro atoms. The minimum absolute atomic E-state index is 0.0926. The van der Waals surface area contributed by atoms with Crippen LogP contribution in [-0.4, -0.2) is 65.9 Å². The Kier molecular flexibility index (Phi) is 6.27. The quantitative estimate of drug-likeness (QED) is 0.385. The van der Waals surface area contributed by atoms with Gasteiger partial charge in [0.15, 0.2) is 17.6 Å². The van der Waals surface area contributed by atoms with Crippen LogP contribution >= 0.6 is 11.6 Å². The van der Waals surface area contributed by atoms with E-state index in [1.54, 1.807) is 19.1 Å². The fraction of sp³-hybridized carbons (Fsp3) is 0.261. The molecule has 0 bridgehead atoms. The van der Waals surface area contributed by atoms with Crippen molar-refractivity contribution >= 4 is 38.3 Å². The Morgan fingerprint density at radius 1 is 1.17 bits per heavy atom. The smallest absolute Gasteiger partial charge is 0.264 e. The molecule has 9 nitrogen and oxygen atoms in total. The summed E-state index contributed by atoms with van der Waals surface area (Å²) >= 11 is 5.83. The van der Waals surface area contributed by atoms with Gasteiger partial charge in [-0.1, -0.05) is 11.6 Å². The van der Waals surface area contributed by atoms with Crippen molar-refractivity contribution in [2.75, 3.05) is 24.9 Å². The average molecular weight is 535 g/mol. The Morgan fingerprint density at radius 3 is 2.61 bits per heavy atom. The lowest BCUT2D eigenvalue weighted by Gasteiger charge is -2.16. The Hall–Kier alpha value is -3.35. The maximum absolute atomic E-state index is 14.4. The Balaban J connectivity index is 1.44. The van der Waals surface area contributed by atoms with Crippen molar-refractivity contribution in [3.05, 3.63) is 59.0 Å². The van der Waals surface area contributed by atoms with Crippen LogP contribution < -0.4 is 9.46 Å². The van der Waals surface area contributed by atoms with E-state index in [0.717, 1.165) is 12.1 Å². The average Bonchev–Trinajstić information content (AvgIpc) is 3.36. The highest BCUT2D eigenvalue weighted by molar-refractivity contribution is 7.92. The van der Waals surface area contributed by atoms with Crippen LogP contribution in [0.4, 0.5) is 14.5 Å². The Labute approximate surface area is 210 Å². The van der Waals surface area contributed by atoms with Crippen LogP contribution in [-0.2, 0) is 10.0 Å². The first-order chi connectivity index (χ1) is 17.1. The number of hydrogen-bond acceptors (Lipinski definition) is 7. The van der Waals surface area contributed by atoms with E-state index in [4.69, 9.17) is 16.3 Å². The number of benzene rings is 2. The highest BCUT2D eigenvalue weighted by atomic mass is 35.5. The van der Waals surface area contributed by atoms with Gasteiger partial charge in [0.2, 0.25) is 5.88 Å². The summed E-state index contributed by atoms with van der Waals surface area (Å²) in [5, 5.41) is 7.65. The molecule has 1 aliphatic rings. The number of likely N-dealkylation sites (N-methyl/N-ethyl adjacent to an activating group) is 1. The van der Waals surface area contributed by atoms with Crippen molar-refractivity contribution in [1.82, 2.24) is 25.1 Å². The van der Waals surface area contributed by atoms with Crippen LogP contribution in [0.2, 0.25) is 5.02 Å². The summed E-state index contributed by atoms with van der Waals surface area (Å²) in [6.07, 6.45) is -1.84. The number of aromatic nitrogens is 4. The van der Waals surface area contributed by atoms with Crippen molar-refractivity contribution in [2.24, 2.45) is 0 Å². The zero-order valence-electron chi connectivity index (χ0n) is 19.2. The van der Waals surface area contributed by atoms with Gasteiger partial charge in [-0.15, -0.1) is 0 Å². The van der Waals surface area contributed by atoms with Gasteiger partial charge in [0.25, 0.3) is 10.0 Å². The molecule has 1 aliphatic heterocycles. The van der Waals surface area contributed by atoms with Crippen molar-refractivity contribution in [2.45, 2.75) is 24.1 Å². The van der Waals surface area contributed by atoms with Gasteiger partial charge < -0.3 is 4.74 Å². The maximum atomic E-state index is 14.4. The molecule has 1 saturated heterocycles. The van der Waals surface area contributed by atoms with E-state index in [-0.39, 0.29) is 29.0 Å². The molecule has 2 atom stereocenters. The molecule has 0 saturated carbocycles. The van der Waals surface area contributed by atoms with Gasteiger partial charge in [-0.2, -0.15) is 10.1 Å². The number of halogens is 3. The Morgan fingerprint density at radius 2 is 1.92 bits per heavy atom. The topological polar surface area (TPSA) is 113 Å². The monoisotopic (exact) mass is 534 g/mol. The zero-order valence-corrected chi connectivity index (χ0v) is 20.7. The molecular formula is C23H21ClF2N6O3S. The highest BCUT2D eigenvalue weighted by Gasteiger charge is 2.34. The lowest BCUT2D eigenvalue weighted by Crippen LogP contribution is -2.27. The van der Waals surface area contributed by atoms with Crippen molar-refractivity contribution in [3.63, 3.8) is 0 Å². The third-order valence-electron chi connectivity index (χ3n) is 5.79. The molecular weight excluding hydrogens is 514 g/mol. The fourth-order valence-corrected chi connectivity index (χ4v) is 5.40. The number of anilines is 1. The van der Waals surface area contributed by atoms with E-state index >= 15 is 0 Å². The van der Waals surface area contributed by atoms with Gasteiger partial charge >= 0.3 is 0 Å². The van der Waals surface area contributed by atoms with Gasteiger partial charge in [-0.25, -0.2) is 22.2 Å². The summed E-state index contributed by atoms with van der Waals surface area (Å²) in [6, 6.07) is 9.46. The highest BCUT2D eigenvalue weighted by Crippen LogP contribution is 2.31. The summed E-state index contributed by atoms with van der Waals surface area (Å²) in [4.78, 5) is 10.3. The van der Waals surface area contributed by atoms with Crippen LogP contribution in [0.3, 0.4) is 0 Å². The third-order valence-corrected chi connectivity index (χ3v) is 7.42. The van der Waals surface area contributed by atoms with Crippen LogP contribution in [0.1, 0.15) is 5.69 Å². The predicted octanol–water partition coefficient (Wildman–Crippen LogP) is 3.95. The van der Waals surface area contributed by atoms with Crippen molar-refractivity contribution in [1.29, 1.82) is 0 Å². The molecule has 188 valence electrons. The first kappa shape index (κ1) is 24.3. The summed E-state index contributed by atoms with van der Waals surface area (Å²) in [5.74, 6) is -0.430. The first-order valence-electron chi connectivity index (χ1n) is 10.9. The van der Waals surface area contributed by atoms with E-state index in [0.29, 0.717) is 28.8 Å². The number of hydrogen-bond donors (Lipinski definition) is 2. The number of nitrogens with zero attached hydrogens (tertiary/aromatic N) is 4. The largest absolute Gasteiger partial charge is 0.469 e. The second-order valence-corrected chi connectivity index (χ2v) is 10.6. The number of ether oxygens (including phenoxy) is 1. The molecule has 0 amide bonds. The molecule has 13 heteroatoms. The van der Waals surface area contributed by atoms with Gasteiger partial charge in [-0.05, 0) is 56.4 Å². The van der Waals surface area contributed by atoms with Gasteiger partial charge in [0.05, 0.1) is 5.69 Å². The molecule has 3 heterocycles. The number of nitrogens with one attached hydrogen (secondary N) is 2. The minimum Gasteiger partial charge on any atom is -0.469 e. The molecule has 0 aliphatic carbocycles. The SMILES string of the molecule is Cc1n[nH]c2nc(-c3ccc(NS(=O)(=O)c4cc(Cl)ccc4F)cc3)nc(O[C@@H]3CN(C)C[C@@H]3F)c12. The summed E-state index contributed by atoms with van der Waals surface area (Å²) in [6.45, 7) is 2.46. The number of fused-ring (bicyclic) bond motifs is 1. The number of H-pyrrole nitrogens is 1. The molecule has 4 aromatic rings. The number of rotatable bonds is 6. The summed E-state index contributed by atoms with van der Waals surface area (Å²) in [5.41, 5.74) is 1.79. The number of aryl methyl sites for hydroxylation is 1. The van der Waals surface area contributed by atoms with E-state index in [9.17, 15) is 17.2 Å². The number of alkyl halides is 1. The second kappa shape index (κ2) is 9.26. The van der Waals surface area contributed by atoms with Crippen LogP contribution in [0.25, 0.3) is 22.4 Å². The molecule has 2 aromatic carbocycles. The summed E-state index contributed by atoms with van der Waals surface area (Å²) < 4.78 is 62.1. The van der Waals surface area contributed by atoms with E-state index in [2.05, 4.69) is 24.9 Å². The molecule has 36 heavy (non-hydrogen) atoms. The number of aromatic amines is 1. The zero-order chi connectivity index (χ0) is 25.6. The van der Waals surface area contributed by atoms with Crippen molar-refractivity contribution < 1.29 is 21.9 Å². The second-order valence-electron chi connectivity index (χ2n) is 8.54. The molecule has 2 aromatic heterocycles. The first-order valence-corrected chi connectivity index (χ1v) is 12.8. The van der Waals surface area contributed by atoms with Gasteiger partial charge in [-0.3, -0.25) is 14.7 Å². The number of likely N-dealkylation sites (tertiary alicyclic amines) is 1. The van der Waals surface area contributed by atoms with Gasteiger partial charge in [0, 0.05) is 29.4 Å². The van der Waals surface area contributed by atoms with Crippen LogP contribution in [0, 0.1) is 12.7 Å². The lowest BCUT2D eigenvalue weighted by molar-refractivity contribution is 0.135. The molecule has 0 radical (unpaired) electrons. The third kappa shape index (κ3) is 4.71. The minimum atomic E-state index is -4.21. The normalized spacial score (nSPS) is 18.6. The fourth-order valence-electron chi connectivity index (χ4n) is 4.00. The van der Waals surface area contributed by atoms with Crippen LogP contribution in [0.5, 0.6) is 5.88 Å².